The molecular formula is C20H25N3O2. The summed E-state index contributed by atoms with van der Waals surface area (Å²) in [5.74, 6) is 1.75. The first kappa shape index (κ1) is 17.3. The number of benzene rings is 1. The van der Waals surface area contributed by atoms with Crippen LogP contribution in [0.15, 0.2) is 42.6 Å². The van der Waals surface area contributed by atoms with Crippen LogP contribution in [0.25, 0.3) is 0 Å². The quantitative estimate of drug-likeness (QED) is 0.859. The van der Waals surface area contributed by atoms with E-state index in [0.29, 0.717) is 13.1 Å². The molecule has 2 heterocycles. The maximum Gasteiger partial charge on any atom is 0.263 e. The third kappa shape index (κ3) is 4.10. The van der Waals surface area contributed by atoms with Crippen molar-refractivity contribution in [3.63, 3.8) is 0 Å². The average Bonchev–Trinajstić information content (AvgIpc) is 2.65. The molecule has 1 atom stereocenters. The van der Waals surface area contributed by atoms with Crippen LogP contribution in [0.1, 0.15) is 18.1 Å². The molecule has 0 saturated carbocycles. The van der Waals surface area contributed by atoms with E-state index in [1.807, 2.05) is 55.1 Å². The van der Waals surface area contributed by atoms with Gasteiger partial charge in [0.05, 0.1) is 0 Å². The van der Waals surface area contributed by atoms with Gasteiger partial charge in [-0.05, 0) is 56.2 Å². The highest BCUT2D eigenvalue weighted by Crippen LogP contribution is 2.19. The lowest BCUT2D eigenvalue weighted by Gasteiger charge is -2.36. The van der Waals surface area contributed by atoms with Crippen molar-refractivity contribution in [2.75, 3.05) is 31.1 Å². The molecule has 5 nitrogen and oxygen atoms in total. The lowest BCUT2D eigenvalue weighted by molar-refractivity contribution is -0.138. The summed E-state index contributed by atoms with van der Waals surface area (Å²) in [6.45, 7) is 8.90. The van der Waals surface area contributed by atoms with Crippen LogP contribution in [-0.4, -0.2) is 48.1 Å². The maximum absolute atomic E-state index is 12.7. The Hall–Kier alpha value is -2.56. The minimum atomic E-state index is -0.483. The maximum atomic E-state index is 12.7. The molecule has 0 aliphatic carbocycles. The minimum absolute atomic E-state index is 0.0406. The predicted octanol–water partition coefficient (Wildman–Crippen LogP) is 2.81. The van der Waals surface area contributed by atoms with Gasteiger partial charge in [-0.15, -0.1) is 0 Å². The number of piperazine rings is 1. The van der Waals surface area contributed by atoms with E-state index in [1.165, 1.54) is 11.1 Å². The van der Waals surface area contributed by atoms with Crippen LogP contribution in [0.2, 0.25) is 0 Å². The molecule has 25 heavy (non-hydrogen) atoms. The highest BCUT2D eigenvalue weighted by Gasteiger charge is 2.26. The fourth-order valence-electron chi connectivity index (χ4n) is 3.00. The number of nitrogens with zero attached hydrogens (tertiary/aromatic N) is 3. The Bertz CT molecular complexity index is 725. The standard InChI is InChI=1S/C20H25N3O2/c1-15-7-8-18(14-16(15)2)25-17(3)20(24)23-12-10-22(11-13-23)19-6-4-5-9-21-19/h4-9,14,17H,10-13H2,1-3H3/t17-/m1/s1. The topological polar surface area (TPSA) is 45.7 Å². The van der Waals surface area contributed by atoms with Crippen LogP contribution in [0.5, 0.6) is 5.75 Å². The Kier molecular flexibility index (Phi) is 5.22. The summed E-state index contributed by atoms with van der Waals surface area (Å²) in [7, 11) is 0. The molecule has 1 saturated heterocycles. The molecule has 2 aromatic rings. The molecule has 0 unspecified atom stereocenters. The summed E-state index contributed by atoms with van der Waals surface area (Å²) in [4.78, 5) is 21.1. The third-order valence-corrected chi connectivity index (χ3v) is 4.70. The molecule has 0 spiro atoms. The number of hydrogen-bond donors (Lipinski definition) is 0. The molecule has 5 heteroatoms. The van der Waals surface area contributed by atoms with E-state index in [2.05, 4.69) is 16.8 Å². The average molecular weight is 339 g/mol. The van der Waals surface area contributed by atoms with E-state index in [9.17, 15) is 4.79 Å². The van der Waals surface area contributed by atoms with Gasteiger partial charge in [-0.1, -0.05) is 12.1 Å². The summed E-state index contributed by atoms with van der Waals surface area (Å²) in [5.41, 5.74) is 2.39. The highest BCUT2D eigenvalue weighted by atomic mass is 16.5. The first-order valence-corrected chi connectivity index (χ1v) is 8.73. The first-order chi connectivity index (χ1) is 12.0. The van der Waals surface area contributed by atoms with Crippen LogP contribution in [0, 0.1) is 13.8 Å². The number of carbonyl (C=O) groups excluding carboxylic acids is 1. The van der Waals surface area contributed by atoms with E-state index in [-0.39, 0.29) is 5.91 Å². The molecule has 1 aromatic carbocycles. The number of amides is 1. The number of aryl methyl sites for hydroxylation is 2. The minimum Gasteiger partial charge on any atom is -0.481 e. The summed E-state index contributed by atoms with van der Waals surface area (Å²) in [6, 6.07) is 11.8. The Morgan fingerprint density at radius 3 is 2.48 bits per heavy atom. The summed E-state index contributed by atoms with van der Waals surface area (Å²) >= 11 is 0. The zero-order chi connectivity index (χ0) is 17.8. The van der Waals surface area contributed by atoms with E-state index >= 15 is 0 Å². The van der Waals surface area contributed by atoms with Crippen LogP contribution in [0.3, 0.4) is 0 Å². The van der Waals surface area contributed by atoms with E-state index in [1.54, 1.807) is 6.20 Å². The van der Waals surface area contributed by atoms with Crippen LogP contribution in [-0.2, 0) is 4.79 Å². The SMILES string of the molecule is Cc1ccc(O[C@H](C)C(=O)N2CCN(c3ccccn3)CC2)cc1C. The molecule has 3 rings (SSSR count). The van der Waals surface area contributed by atoms with Gasteiger partial charge in [0, 0.05) is 32.4 Å². The van der Waals surface area contributed by atoms with Gasteiger partial charge in [-0.2, -0.15) is 0 Å². The van der Waals surface area contributed by atoms with Crippen LogP contribution in [0.4, 0.5) is 5.82 Å². The van der Waals surface area contributed by atoms with Crippen molar-refractivity contribution >= 4 is 11.7 Å². The lowest BCUT2D eigenvalue weighted by atomic mass is 10.1. The Morgan fingerprint density at radius 2 is 1.84 bits per heavy atom. The van der Waals surface area contributed by atoms with Gasteiger partial charge in [-0.3, -0.25) is 4.79 Å². The highest BCUT2D eigenvalue weighted by molar-refractivity contribution is 5.81. The second-order valence-corrected chi connectivity index (χ2v) is 6.51. The second-order valence-electron chi connectivity index (χ2n) is 6.51. The van der Waals surface area contributed by atoms with Gasteiger partial charge in [0.1, 0.15) is 11.6 Å². The molecule has 0 bridgehead atoms. The van der Waals surface area contributed by atoms with Crippen molar-refractivity contribution in [2.24, 2.45) is 0 Å². The number of ether oxygens (including phenoxy) is 1. The molecule has 1 aliphatic heterocycles. The van der Waals surface area contributed by atoms with Crippen molar-refractivity contribution < 1.29 is 9.53 Å². The number of carbonyl (C=O) groups is 1. The Labute approximate surface area is 149 Å². The van der Waals surface area contributed by atoms with Crippen molar-refractivity contribution in [3.05, 3.63) is 53.7 Å². The fourth-order valence-corrected chi connectivity index (χ4v) is 3.00. The van der Waals surface area contributed by atoms with E-state index < -0.39 is 6.10 Å². The molecule has 1 aliphatic rings. The molecular weight excluding hydrogens is 314 g/mol. The number of hydrogen-bond acceptors (Lipinski definition) is 4. The third-order valence-electron chi connectivity index (χ3n) is 4.70. The van der Waals surface area contributed by atoms with Crippen LogP contribution >= 0.6 is 0 Å². The van der Waals surface area contributed by atoms with E-state index in [0.717, 1.165) is 24.7 Å². The largest absolute Gasteiger partial charge is 0.481 e. The number of rotatable bonds is 4. The number of aromatic nitrogens is 1. The lowest BCUT2D eigenvalue weighted by Crippen LogP contribution is -2.52. The monoisotopic (exact) mass is 339 g/mol. The van der Waals surface area contributed by atoms with Gasteiger partial charge in [0.2, 0.25) is 0 Å². The molecule has 1 amide bonds. The van der Waals surface area contributed by atoms with Crippen molar-refractivity contribution in [1.82, 2.24) is 9.88 Å². The molecule has 1 aromatic heterocycles. The van der Waals surface area contributed by atoms with Gasteiger partial charge >= 0.3 is 0 Å². The number of anilines is 1. The number of pyridine rings is 1. The Balaban J connectivity index is 1.55. The molecule has 0 N–H and O–H groups in total. The summed E-state index contributed by atoms with van der Waals surface area (Å²) in [5, 5.41) is 0. The van der Waals surface area contributed by atoms with Crippen molar-refractivity contribution in [2.45, 2.75) is 26.9 Å². The van der Waals surface area contributed by atoms with Gasteiger partial charge in [0.15, 0.2) is 6.10 Å². The second kappa shape index (κ2) is 7.55. The first-order valence-electron chi connectivity index (χ1n) is 8.73. The van der Waals surface area contributed by atoms with Crippen molar-refractivity contribution in [1.29, 1.82) is 0 Å². The summed E-state index contributed by atoms with van der Waals surface area (Å²) < 4.78 is 5.86. The van der Waals surface area contributed by atoms with E-state index in [4.69, 9.17) is 4.74 Å². The summed E-state index contributed by atoms with van der Waals surface area (Å²) in [6.07, 6.45) is 1.32. The van der Waals surface area contributed by atoms with Crippen molar-refractivity contribution in [3.8, 4) is 5.75 Å². The Morgan fingerprint density at radius 1 is 1.08 bits per heavy atom. The van der Waals surface area contributed by atoms with Gasteiger partial charge in [-0.25, -0.2) is 4.98 Å². The molecule has 0 radical (unpaired) electrons. The van der Waals surface area contributed by atoms with Gasteiger partial charge < -0.3 is 14.5 Å². The zero-order valence-electron chi connectivity index (χ0n) is 15.1. The predicted molar refractivity (Wildman–Crippen MR) is 99.0 cm³/mol. The molecule has 1 fully saturated rings. The van der Waals surface area contributed by atoms with Gasteiger partial charge in [0.25, 0.3) is 5.91 Å². The van der Waals surface area contributed by atoms with Crippen LogP contribution < -0.4 is 9.64 Å². The normalized spacial score (nSPS) is 15.8. The molecule has 132 valence electrons. The zero-order valence-corrected chi connectivity index (χ0v) is 15.1. The smallest absolute Gasteiger partial charge is 0.263 e. The fraction of sp³-hybridized carbons (Fsp3) is 0.400.